The first-order valence-corrected chi connectivity index (χ1v) is 6.90. The number of nitrogens with one attached hydrogen (secondary N) is 1. The van der Waals surface area contributed by atoms with E-state index in [-0.39, 0.29) is 17.7 Å². The molecule has 0 aliphatic rings. The molecule has 0 radical (unpaired) electrons. The average molecular weight is 275 g/mol. The molecule has 0 spiro atoms. The Bertz CT molecular complexity index is 581. The molecule has 20 heavy (non-hydrogen) atoms. The van der Waals surface area contributed by atoms with Crippen LogP contribution >= 0.6 is 0 Å². The molecule has 106 valence electrons. The highest BCUT2D eigenvalue weighted by Gasteiger charge is 2.13. The largest absolute Gasteiger partial charge is 0.310 e. The Labute approximate surface area is 118 Å². The zero-order valence-electron chi connectivity index (χ0n) is 11.8. The van der Waals surface area contributed by atoms with Crippen molar-refractivity contribution in [1.29, 1.82) is 0 Å². The fourth-order valence-electron chi connectivity index (χ4n) is 2.28. The topological polar surface area (TPSA) is 12.0 Å². The van der Waals surface area contributed by atoms with Crippen LogP contribution in [0.25, 0.3) is 11.1 Å². The van der Waals surface area contributed by atoms with Crippen molar-refractivity contribution in [2.45, 2.75) is 26.3 Å². The van der Waals surface area contributed by atoms with Crippen molar-refractivity contribution in [2.24, 2.45) is 0 Å². The van der Waals surface area contributed by atoms with E-state index in [1.54, 1.807) is 18.2 Å². The predicted octanol–water partition coefficient (Wildman–Crippen LogP) is 4.69. The van der Waals surface area contributed by atoms with Gasteiger partial charge in [0.25, 0.3) is 0 Å². The van der Waals surface area contributed by atoms with Gasteiger partial charge in [0.2, 0.25) is 0 Å². The van der Waals surface area contributed by atoms with Crippen LogP contribution in [0.1, 0.15) is 31.9 Å². The van der Waals surface area contributed by atoms with E-state index in [9.17, 15) is 8.78 Å². The first kappa shape index (κ1) is 14.7. The summed E-state index contributed by atoms with van der Waals surface area (Å²) in [6.07, 6.45) is 1.03. The van der Waals surface area contributed by atoms with E-state index in [1.165, 1.54) is 24.3 Å². The summed E-state index contributed by atoms with van der Waals surface area (Å²) in [7, 11) is 0. The van der Waals surface area contributed by atoms with Gasteiger partial charge in [-0.3, -0.25) is 0 Å². The Morgan fingerprint density at radius 1 is 1.05 bits per heavy atom. The summed E-state index contributed by atoms with van der Waals surface area (Å²) in [4.78, 5) is 0. The maximum absolute atomic E-state index is 13.5. The number of rotatable bonds is 5. The van der Waals surface area contributed by atoms with Crippen molar-refractivity contribution in [2.75, 3.05) is 6.54 Å². The van der Waals surface area contributed by atoms with Crippen LogP contribution in [0, 0.1) is 11.6 Å². The molecule has 0 bridgehead atoms. The maximum Gasteiger partial charge on any atom is 0.123 e. The lowest BCUT2D eigenvalue weighted by Crippen LogP contribution is -2.20. The minimum absolute atomic E-state index is 0.0915. The summed E-state index contributed by atoms with van der Waals surface area (Å²) in [5, 5.41) is 3.38. The van der Waals surface area contributed by atoms with Crippen molar-refractivity contribution >= 4 is 0 Å². The molecule has 3 heteroatoms. The third-order valence-electron chi connectivity index (χ3n) is 3.32. The SMILES string of the molecule is CCCNC(C)c1ccc(F)cc1-c1cccc(F)c1. The molecule has 0 aliphatic carbocycles. The second-order valence-electron chi connectivity index (χ2n) is 4.92. The third-order valence-corrected chi connectivity index (χ3v) is 3.32. The van der Waals surface area contributed by atoms with Gasteiger partial charge in [-0.25, -0.2) is 8.78 Å². The van der Waals surface area contributed by atoms with Crippen LogP contribution < -0.4 is 5.32 Å². The summed E-state index contributed by atoms with van der Waals surface area (Å²) in [6, 6.07) is 11.0. The zero-order valence-corrected chi connectivity index (χ0v) is 11.8. The van der Waals surface area contributed by atoms with Crippen LogP contribution in [0.15, 0.2) is 42.5 Å². The van der Waals surface area contributed by atoms with Gasteiger partial charge in [-0.15, -0.1) is 0 Å². The van der Waals surface area contributed by atoms with E-state index in [1.807, 2.05) is 6.92 Å². The Hall–Kier alpha value is -1.74. The van der Waals surface area contributed by atoms with E-state index in [0.29, 0.717) is 5.56 Å². The van der Waals surface area contributed by atoms with Gasteiger partial charge in [0.05, 0.1) is 0 Å². The highest BCUT2D eigenvalue weighted by Crippen LogP contribution is 2.29. The first-order valence-electron chi connectivity index (χ1n) is 6.90. The lowest BCUT2D eigenvalue weighted by molar-refractivity contribution is 0.568. The van der Waals surface area contributed by atoms with Crippen molar-refractivity contribution in [3.8, 4) is 11.1 Å². The predicted molar refractivity (Wildman–Crippen MR) is 78.5 cm³/mol. The number of hydrogen-bond acceptors (Lipinski definition) is 1. The van der Waals surface area contributed by atoms with Crippen LogP contribution in [-0.4, -0.2) is 6.54 Å². The van der Waals surface area contributed by atoms with Gasteiger partial charge in [0.1, 0.15) is 11.6 Å². The molecule has 0 fully saturated rings. The van der Waals surface area contributed by atoms with E-state index in [0.717, 1.165) is 24.1 Å². The molecule has 0 heterocycles. The van der Waals surface area contributed by atoms with Gasteiger partial charge in [-0.1, -0.05) is 25.1 Å². The smallest absolute Gasteiger partial charge is 0.123 e. The lowest BCUT2D eigenvalue weighted by Gasteiger charge is -2.18. The minimum Gasteiger partial charge on any atom is -0.310 e. The second-order valence-corrected chi connectivity index (χ2v) is 4.92. The van der Waals surface area contributed by atoms with Gasteiger partial charge < -0.3 is 5.32 Å². The normalized spacial score (nSPS) is 12.4. The van der Waals surface area contributed by atoms with Crippen molar-refractivity contribution in [3.63, 3.8) is 0 Å². The van der Waals surface area contributed by atoms with Crippen LogP contribution in [0.5, 0.6) is 0 Å². The fraction of sp³-hybridized carbons (Fsp3) is 0.294. The summed E-state index contributed by atoms with van der Waals surface area (Å²) in [5.41, 5.74) is 2.41. The molecule has 1 atom stereocenters. The average Bonchev–Trinajstić information content (AvgIpc) is 2.44. The van der Waals surface area contributed by atoms with Crippen molar-refractivity contribution in [1.82, 2.24) is 5.32 Å². The Morgan fingerprint density at radius 2 is 1.80 bits per heavy atom. The summed E-state index contributed by atoms with van der Waals surface area (Å²) in [6.45, 7) is 5.02. The zero-order chi connectivity index (χ0) is 14.5. The lowest BCUT2D eigenvalue weighted by atomic mass is 9.95. The van der Waals surface area contributed by atoms with Crippen LogP contribution in [0.4, 0.5) is 8.78 Å². The van der Waals surface area contributed by atoms with Gasteiger partial charge in [-0.05, 0) is 60.8 Å². The molecule has 0 amide bonds. The summed E-state index contributed by atoms with van der Waals surface area (Å²) >= 11 is 0. The molecule has 0 saturated heterocycles. The van der Waals surface area contributed by atoms with Crippen LogP contribution in [0.2, 0.25) is 0 Å². The Balaban J connectivity index is 2.43. The molecule has 2 aromatic rings. The van der Waals surface area contributed by atoms with Gasteiger partial charge >= 0.3 is 0 Å². The highest BCUT2D eigenvalue weighted by molar-refractivity contribution is 5.68. The molecule has 0 saturated carbocycles. The quantitative estimate of drug-likeness (QED) is 0.834. The minimum atomic E-state index is -0.313. The van der Waals surface area contributed by atoms with Gasteiger partial charge in [-0.2, -0.15) is 0 Å². The standard InChI is InChI=1S/C17H19F2N/c1-3-9-20-12(2)16-8-7-15(19)11-17(16)13-5-4-6-14(18)10-13/h4-8,10-12,20H,3,9H2,1-2H3. The molecule has 2 rings (SSSR count). The summed E-state index contributed by atoms with van der Waals surface area (Å²) in [5.74, 6) is -0.623. The first-order chi connectivity index (χ1) is 9.61. The van der Waals surface area contributed by atoms with Crippen molar-refractivity contribution < 1.29 is 8.78 Å². The van der Waals surface area contributed by atoms with Gasteiger partial charge in [0, 0.05) is 6.04 Å². The third kappa shape index (κ3) is 3.42. The molecule has 0 aromatic heterocycles. The monoisotopic (exact) mass is 275 g/mol. The molecule has 2 aromatic carbocycles. The molecular formula is C17H19F2N. The molecule has 1 nitrogen and oxygen atoms in total. The maximum atomic E-state index is 13.5. The molecule has 0 aliphatic heterocycles. The summed E-state index contributed by atoms with van der Waals surface area (Å²) < 4.78 is 26.9. The Kier molecular flexibility index (Phi) is 4.85. The molecule has 1 N–H and O–H groups in total. The Morgan fingerprint density at radius 3 is 2.50 bits per heavy atom. The molecule has 1 unspecified atom stereocenters. The second kappa shape index (κ2) is 6.62. The fourth-order valence-corrected chi connectivity index (χ4v) is 2.28. The number of halogens is 2. The van der Waals surface area contributed by atoms with E-state index in [4.69, 9.17) is 0 Å². The van der Waals surface area contributed by atoms with Crippen LogP contribution in [0.3, 0.4) is 0 Å². The number of benzene rings is 2. The van der Waals surface area contributed by atoms with Crippen molar-refractivity contribution in [3.05, 3.63) is 59.7 Å². The van der Waals surface area contributed by atoms with Crippen LogP contribution in [-0.2, 0) is 0 Å². The number of hydrogen-bond donors (Lipinski definition) is 1. The van der Waals surface area contributed by atoms with Gasteiger partial charge in [0.15, 0.2) is 0 Å². The highest BCUT2D eigenvalue weighted by atomic mass is 19.1. The van der Waals surface area contributed by atoms with E-state index >= 15 is 0 Å². The molecular weight excluding hydrogens is 256 g/mol. The van der Waals surface area contributed by atoms with E-state index < -0.39 is 0 Å². The van der Waals surface area contributed by atoms with E-state index in [2.05, 4.69) is 12.2 Å².